The summed E-state index contributed by atoms with van der Waals surface area (Å²) >= 11 is 0. The summed E-state index contributed by atoms with van der Waals surface area (Å²) < 4.78 is 38.9. The molecule has 0 radical (unpaired) electrons. The van der Waals surface area contributed by atoms with Crippen molar-refractivity contribution in [2.24, 2.45) is 11.3 Å². The smallest absolute Gasteiger partial charge is 0.345 e. The Hall–Kier alpha value is -2.05. The second-order valence-corrected chi connectivity index (χ2v) is 7.89. The van der Waals surface area contributed by atoms with Gasteiger partial charge in [-0.05, 0) is 49.1 Å². The fraction of sp³-hybridized carbons (Fsp3) is 0.579. The highest BCUT2D eigenvalue weighted by atomic mass is 19.4. The maximum atomic E-state index is 13.0. The van der Waals surface area contributed by atoms with E-state index in [1.54, 1.807) is 0 Å². The van der Waals surface area contributed by atoms with Crippen LogP contribution in [0, 0.1) is 11.3 Å². The van der Waals surface area contributed by atoms with Crippen molar-refractivity contribution in [2.75, 3.05) is 5.32 Å². The van der Waals surface area contributed by atoms with Crippen molar-refractivity contribution in [1.29, 1.82) is 0 Å². The number of anilines is 1. The van der Waals surface area contributed by atoms with Crippen molar-refractivity contribution < 1.29 is 22.8 Å². The number of alkyl halides is 3. The molecule has 1 saturated carbocycles. The third-order valence-electron chi connectivity index (χ3n) is 4.97. The normalized spacial score (nSPS) is 21.2. The highest BCUT2D eigenvalue weighted by Gasteiger charge is 2.34. The van der Waals surface area contributed by atoms with Crippen LogP contribution in [0.2, 0.25) is 0 Å². The van der Waals surface area contributed by atoms with Gasteiger partial charge in [0.15, 0.2) is 0 Å². The van der Waals surface area contributed by atoms with E-state index in [1.165, 1.54) is 12.1 Å². The molecule has 1 fully saturated rings. The second kappa shape index (κ2) is 7.68. The van der Waals surface area contributed by atoms with Gasteiger partial charge in [-0.3, -0.25) is 9.59 Å². The third kappa shape index (κ3) is 5.22. The van der Waals surface area contributed by atoms with Crippen molar-refractivity contribution in [2.45, 2.75) is 58.7 Å². The summed E-state index contributed by atoms with van der Waals surface area (Å²) in [6.07, 6.45) is -1.17. The second-order valence-electron chi connectivity index (χ2n) is 7.89. The van der Waals surface area contributed by atoms with Crippen molar-refractivity contribution in [3.8, 4) is 0 Å². The molecule has 1 aromatic rings. The summed E-state index contributed by atoms with van der Waals surface area (Å²) in [5.41, 5.74) is -1.20. The Labute approximate surface area is 151 Å². The molecule has 1 aromatic carbocycles. The van der Waals surface area contributed by atoms with E-state index in [2.05, 4.69) is 31.4 Å². The predicted octanol–water partition coefficient (Wildman–Crippen LogP) is 4.37. The lowest BCUT2D eigenvalue weighted by Gasteiger charge is -2.37. The van der Waals surface area contributed by atoms with E-state index in [4.69, 9.17) is 0 Å². The van der Waals surface area contributed by atoms with Crippen LogP contribution in [0.15, 0.2) is 24.3 Å². The van der Waals surface area contributed by atoms with Crippen molar-refractivity contribution in [3.05, 3.63) is 29.8 Å². The molecule has 0 aromatic heterocycles. The molecular formula is C19H25F3N2O2. The summed E-state index contributed by atoms with van der Waals surface area (Å²) in [5, 5.41) is 4.71. The molecular weight excluding hydrogens is 345 g/mol. The molecule has 2 rings (SSSR count). The monoisotopic (exact) mass is 370 g/mol. The number of carbonyl (C=O) groups excluding carboxylic acids is 2. The van der Waals surface area contributed by atoms with Crippen LogP contribution < -0.4 is 10.6 Å². The lowest BCUT2D eigenvalue weighted by atomic mass is 9.71. The van der Waals surface area contributed by atoms with Crippen LogP contribution in [-0.4, -0.2) is 17.9 Å². The Balaban J connectivity index is 1.93. The number of nitrogens with one attached hydrogen (secondary N) is 2. The quantitative estimate of drug-likeness (QED) is 0.760. The van der Waals surface area contributed by atoms with E-state index in [0.29, 0.717) is 5.92 Å². The summed E-state index contributed by atoms with van der Waals surface area (Å²) in [6, 6.07) is 4.47. The lowest BCUT2D eigenvalue weighted by Crippen LogP contribution is -2.44. The van der Waals surface area contributed by atoms with E-state index >= 15 is 0 Å². The number of rotatable bonds is 2. The number of benzene rings is 1. The zero-order valence-electron chi connectivity index (χ0n) is 15.2. The van der Waals surface area contributed by atoms with Crippen molar-refractivity contribution >= 4 is 17.5 Å². The Morgan fingerprint density at radius 3 is 2.08 bits per heavy atom. The first kappa shape index (κ1) is 20.3. The first-order valence-electron chi connectivity index (χ1n) is 8.76. The molecule has 0 unspecified atom stereocenters. The molecule has 0 saturated heterocycles. The van der Waals surface area contributed by atoms with Gasteiger partial charge in [0.1, 0.15) is 0 Å². The zero-order chi connectivity index (χ0) is 19.5. The van der Waals surface area contributed by atoms with Gasteiger partial charge in [0.25, 0.3) is 0 Å². The summed E-state index contributed by atoms with van der Waals surface area (Å²) in [6.45, 7) is 6.55. The molecule has 4 nitrogen and oxygen atoms in total. The van der Waals surface area contributed by atoms with Gasteiger partial charge in [-0.1, -0.05) is 32.9 Å². The fourth-order valence-electron chi connectivity index (χ4n) is 3.37. The van der Waals surface area contributed by atoms with Gasteiger partial charge in [0.05, 0.1) is 11.3 Å². The fourth-order valence-corrected chi connectivity index (χ4v) is 3.37. The Morgan fingerprint density at radius 2 is 1.54 bits per heavy atom. The molecule has 0 heterocycles. The minimum absolute atomic E-state index is 0.121. The molecule has 1 aliphatic carbocycles. The predicted molar refractivity (Wildman–Crippen MR) is 93.4 cm³/mol. The van der Waals surface area contributed by atoms with Crippen LogP contribution in [0.5, 0.6) is 0 Å². The molecule has 0 aliphatic heterocycles. The van der Waals surface area contributed by atoms with Crippen LogP contribution in [0.4, 0.5) is 18.9 Å². The van der Waals surface area contributed by atoms with E-state index in [1.807, 2.05) is 0 Å². The number of hydrogen-bond acceptors (Lipinski definition) is 2. The molecule has 0 spiro atoms. The average Bonchev–Trinajstić information content (AvgIpc) is 2.54. The van der Waals surface area contributed by atoms with Gasteiger partial charge >= 0.3 is 18.0 Å². The van der Waals surface area contributed by atoms with E-state index in [0.717, 1.165) is 37.8 Å². The SMILES string of the molecule is CC(C)(C)C1CCC(NC(=O)C(=O)Nc2ccccc2C(F)(F)F)CC1. The molecule has 7 heteroatoms. The van der Waals surface area contributed by atoms with Gasteiger partial charge in [0.2, 0.25) is 0 Å². The molecule has 144 valence electrons. The molecule has 0 bridgehead atoms. The Morgan fingerprint density at radius 1 is 0.962 bits per heavy atom. The number of hydrogen-bond donors (Lipinski definition) is 2. The average molecular weight is 370 g/mol. The summed E-state index contributed by atoms with van der Waals surface area (Å²) in [5.74, 6) is -1.43. The van der Waals surface area contributed by atoms with Crippen LogP contribution >= 0.6 is 0 Å². The first-order valence-corrected chi connectivity index (χ1v) is 8.76. The van der Waals surface area contributed by atoms with Gasteiger partial charge in [-0.25, -0.2) is 0 Å². The van der Waals surface area contributed by atoms with Gasteiger partial charge in [0, 0.05) is 6.04 Å². The summed E-state index contributed by atoms with van der Waals surface area (Å²) in [4.78, 5) is 24.0. The first-order chi connectivity index (χ1) is 12.0. The van der Waals surface area contributed by atoms with Gasteiger partial charge < -0.3 is 10.6 Å². The summed E-state index contributed by atoms with van der Waals surface area (Å²) in [7, 11) is 0. The molecule has 26 heavy (non-hydrogen) atoms. The molecule has 0 atom stereocenters. The van der Waals surface area contributed by atoms with E-state index in [9.17, 15) is 22.8 Å². The Bertz CT molecular complexity index is 657. The van der Waals surface area contributed by atoms with Gasteiger partial charge in [-0.2, -0.15) is 13.2 Å². The topological polar surface area (TPSA) is 58.2 Å². The van der Waals surface area contributed by atoms with E-state index in [-0.39, 0.29) is 11.5 Å². The standard InChI is InChI=1S/C19H25F3N2O2/c1-18(2,3)12-8-10-13(11-9-12)23-16(25)17(26)24-15-7-5-4-6-14(15)19(20,21)22/h4-7,12-13H,8-11H2,1-3H3,(H,23,25)(H,24,26). The number of halogens is 3. The lowest BCUT2D eigenvalue weighted by molar-refractivity contribution is -0.138. The highest BCUT2D eigenvalue weighted by molar-refractivity contribution is 6.39. The molecule has 2 N–H and O–H groups in total. The minimum atomic E-state index is -4.61. The van der Waals surface area contributed by atoms with Gasteiger partial charge in [-0.15, -0.1) is 0 Å². The van der Waals surface area contributed by atoms with Crippen LogP contribution in [-0.2, 0) is 15.8 Å². The number of amides is 2. The van der Waals surface area contributed by atoms with Crippen molar-refractivity contribution in [3.63, 3.8) is 0 Å². The zero-order valence-corrected chi connectivity index (χ0v) is 15.2. The molecule has 1 aliphatic rings. The maximum absolute atomic E-state index is 13.0. The van der Waals surface area contributed by atoms with Crippen LogP contribution in [0.1, 0.15) is 52.0 Å². The third-order valence-corrected chi connectivity index (χ3v) is 4.97. The largest absolute Gasteiger partial charge is 0.418 e. The molecule has 2 amide bonds. The highest BCUT2D eigenvalue weighted by Crippen LogP contribution is 2.38. The minimum Gasteiger partial charge on any atom is -0.345 e. The van der Waals surface area contributed by atoms with Crippen LogP contribution in [0.25, 0.3) is 0 Å². The van der Waals surface area contributed by atoms with E-state index < -0.39 is 29.2 Å². The number of para-hydroxylation sites is 1. The van der Waals surface area contributed by atoms with Crippen molar-refractivity contribution in [1.82, 2.24) is 5.32 Å². The van der Waals surface area contributed by atoms with Crippen LogP contribution in [0.3, 0.4) is 0 Å². The Kier molecular flexibility index (Phi) is 5.98. The number of carbonyl (C=O) groups is 2. The maximum Gasteiger partial charge on any atom is 0.418 e.